The molecule has 0 spiro atoms. The molecular formula is C43H61ClN4O6. The number of hydrogen-bond donors (Lipinski definition) is 2. The zero-order chi connectivity index (χ0) is 40.3. The summed E-state index contributed by atoms with van der Waals surface area (Å²) in [4.78, 5) is 57.7. The Bertz CT molecular complexity index is 1760. The summed E-state index contributed by atoms with van der Waals surface area (Å²) in [6.07, 6.45) is 9.15. The highest BCUT2D eigenvalue weighted by Crippen LogP contribution is 2.38. The Hall–Kier alpha value is -4.18. The number of benzene rings is 2. The van der Waals surface area contributed by atoms with E-state index in [4.69, 9.17) is 21.1 Å². The fourth-order valence-electron chi connectivity index (χ4n) is 5.76. The number of imidazole rings is 1. The van der Waals surface area contributed by atoms with E-state index in [-0.39, 0.29) is 46.3 Å². The zero-order valence-corrected chi connectivity index (χ0v) is 34.7. The number of halogens is 1. The Morgan fingerprint density at radius 2 is 1.54 bits per heavy atom. The minimum absolute atomic E-state index is 0.0531. The van der Waals surface area contributed by atoms with E-state index in [1.807, 2.05) is 0 Å². The van der Waals surface area contributed by atoms with Crippen LogP contribution in [0.15, 0.2) is 48.8 Å². The summed E-state index contributed by atoms with van der Waals surface area (Å²) in [7, 11) is 0. The van der Waals surface area contributed by atoms with Crippen LogP contribution in [0, 0.1) is 5.41 Å². The monoisotopic (exact) mass is 764 g/mol. The van der Waals surface area contributed by atoms with Gasteiger partial charge in [0, 0.05) is 35.5 Å². The van der Waals surface area contributed by atoms with E-state index in [1.54, 1.807) is 32.9 Å². The van der Waals surface area contributed by atoms with E-state index in [2.05, 4.69) is 82.3 Å². The van der Waals surface area contributed by atoms with E-state index in [9.17, 15) is 19.2 Å². The average molecular weight is 765 g/mol. The maximum absolute atomic E-state index is 13.9. The predicted molar refractivity (Wildman–Crippen MR) is 217 cm³/mol. The summed E-state index contributed by atoms with van der Waals surface area (Å²) < 4.78 is 12.9. The molecular weight excluding hydrogens is 704 g/mol. The second-order valence-corrected chi connectivity index (χ2v) is 16.6. The highest BCUT2D eigenvalue weighted by molar-refractivity contribution is 6.34. The van der Waals surface area contributed by atoms with Crippen LogP contribution in [-0.4, -0.2) is 46.3 Å². The number of ether oxygens (including phenoxy) is 2. The van der Waals surface area contributed by atoms with Gasteiger partial charge in [0.15, 0.2) is 11.8 Å². The molecule has 3 aromatic rings. The van der Waals surface area contributed by atoms with Gasteiger partial charge in [-0.05, 0) is 66.3 Å². The summed E-state index contributed by atoms with van der Waals surface area (Å²) in [5, 5.41) is 5.81. The lowest BCUT2D eigenvalue weighted by atomic mass is 9.76. The smallest absolute Gasteiger partial charge is 0.374 e. The first kappa shape index (κ1) is 44.2. The lowest BCUT2D eigenvalue weighted by Gasteiger charge is -2.30. The van der Waals surface area contributed by atoms with Crippen LogP contribution >= 0.6 is 11.6 Å². The number of unbranched alkanes of at least 4 members (excludes halogenated alkanes) is 3. The van der Waals surface area contributed by atoms with E-state index in [1.165, 1.54) is 28.6 Å². The molecule has 0 saturated heterocycles. The number of anilines is 2. The summed E-state index contributed by atoms with van der Waals surface area (Å²) >= 11 is 6.49. The van der Waals surface area contributed by atoms with Crippen molar-refractivity contribution in [1.29, 1.82) is 0 Å². The normalized spacial score (nSPS) is 12.6. The highest BCUT2D eigenvalue weighted by atomic mass is 35.5. The summed E-state index contributed by atoms with van der Waals surface area (Å²) in [5.41, 5.74) is 2.08. The molecule has 0 aliphatic heterocycles. The number of hydrogen-bond acceptors (Lipinski definition) is 7. The molecule has 0 aliphatic rings. The number of ketones is 1. The van der Waals surface area contributed by atoms with Gasteiger partial charge in [-0.15, -0.1) is 0 Å². The van der Waals surface area contributed by atoms with Crippen LogP contribution in [0.5, 0.6) is 5.75 Å². The van der Waals surface area contributed by atoms with Crippen LogP contribution in [0.4, 0.5) is 11.4 Å². The van der Waals surface area contributed by atoms with E-state index in [0.29, 0.717) is 25.1 Å². The van der Waals surface area contributed by atoms with Gasteiger partial charge in [-0.2, -0.15) is 0 Å². The van der Waals surface area contributed by atoms with Gasteiger partial charge in [-0.1, -0.05) is 112 Å². The van der Waals surface area contributed by atoms with Gasteiger partial charge in [0.2, 0.25) is 11.7 Å². The lowest BCUT2D eigenvalue weighted by molar-refractivity contribution is -0.135. The molecule has 0 fully saturated rings. The molecule has 1 atom stereocenters. The van der Waals surface area contributed by atoms with Crippen molar-refractivity contribution in [1.82, 2.24) is 9.55 Å². The zero-order valence-electron chi connectivity index (χ0n) is 34.0. The molecule has 11 heteroatoms. The third-order valence-corrected chi connectivity index (χ3v) is 10.5. The van der Waals surface area contributed by atoms with Crippen molar-refractivity contribution in [2.45, 2.75) is 137 Å². The molecule has 3 rings (SSSR count). The van der Waals surface area contributed by atoms with Crippen LogP contribution in [0.3, 0.4) is 0 Å². The molecule has 0 aliphatic carbocycles. The van der Waals surface area contributed by atoms with Crippen molar-refractivity contribution in [2.75, 3.05) is 23.8 Å². The molecule has 1 aromatic heterocycles. The quantitative estimate of drug-likeness (QED) is 0.0666. The van der Waals surface area contributed by atoms with Crippen LogP contribution in [0.1, 0.15) is 148 Å². The number of amides is 2. The minimum Gasteiger partial charge on any atom is -0.493 e. The third kappa shape index (κ3) is 11.9. The van der Waals surface area contributed by atoms with Gasteiger partial charge in [0.25, 0.3) is 5.91 Å². The van der Waals surface area contributed by atoms with Crippen molar-refractivity contribution < 1.29 is 28.7 Å². The Kier molecular flexibility index (Phi) is 15.9. The third-order valence-electron chi connectivity index (χ3n) is 10.2. The minimum atomic E-state index is -1.44. The molecule has 0 radical (unpaired) electrons. The summed E-state index contributed by atoms with van der Waals surface area (Å²) in [6, 6.07) is 9.73. The number of nitrogens with zero attached hydrogens (tertiary/aromatic N) is 2. The van der Waals surface area contributed by atoms with E-state index < -0.39 is 29.1 Å². The molecule has 296 valence electrons. The van der Waals surface area contributed by atoms with Gasteiger partial charge in [0.1, 0.15) is 5.75 Å². The van der Waals surface area contributed by atoms with Gasteiger partial charge in [0.05, 0.1) is 23.9 Å². The highest BCUT2D eigenvalue weighted by Gasteiger charge is 2.38. The van der Waals surface area contributed by atoms with Crippen molar-refractivity contribution in [2.24, 2.45) is 5.41 Å². The Morgan fingerprint density at radius 1 is 0.833 bits per heavy atom. The molecule has 2 amide bonds. The fourth-order valence-corrected chi connectivity index (χ4v) is 5.92. The van der Waals surface area contributed by atoms with Crippen molar-refractivity contribution in [3.8, 4) is 5.75 Å². The Balaban J connectivity index is 1.70. The van der Waals surface area contributed by atoms with Crippen LogP contribution in [0.2, 0.25) is 5.02 Å². The molecule has 10 nitrogen and oxygen atoms in total. The first-order valence-corrected chi connectivity index (χ1v) is 19.7. The predicted octanol–water partition coefficient (Wildman–Crippen LogP) is 10.2. The molecule has 1 heterocycles. The number of esters is 1. The number of nitrogens with one attached hydrogen (secondary N) is 2. The first-order chi connectivity index (χ1) is 25.4. The first-order valence-electron chi connectivity index (χ1n) is 19.3. The second-order valence-electron chi connectivity index (χ2n) is 16.2. The molecule has 0 bridgehead atoms. The fraction of sp³-hybridized carbons (Fsp3) is 0.558. The Labute approximate surface area is 327 Å². The average Bonchev–Trinajstić information content (AvgIpc) is 3.60. The molecule has 2 N–H and O–H groups in total. The van der Waals surface area contributed by atoms with Crippen LogP contribution in [0.25, 0.3) is 0 Å². The largest absolute Gasteiger partial charge is 0.493 e. The summed E-state index contributed by atoms with van der Waals surface area (Å²) in [6.45, 7) is 21.1. The van der Waals surface area contributed by atoms with Gasteiger partial charge < -0.3 is 24.7 Å². The number of carbonyl (C=O) groups is 4. The van der Waals surface area contributed by atoms with E-state index >= 15 is 0 Å². The van der Waals surface area contributed by atoms with Crippen molar-refractivity contribution >= 4 is 46.5 Å². The molecule has 2 aromatic carbocycles. The van der Waals surface area contributed by atoms with Crippen molar-refractivity contribution in [3.63, 3.8) is 0 Å². The standard InChI is InChI=1S/C43H61ClN4O6/c1-11-14-15-16-25-54-40(52)38-45-23-24-48(38)36(37(50)41(4,5)6)39(51)47-33-28-30(20-21-32(33)44)46-35(49)18-17-26-53-34-22-19-29(42(7,8)12-2)27-31(34)43(9,10)13-3/h19-24,27-28,36H,11-18,25-26H2,1-10H3,(H,46,49)(H,47,51)/t36-/m1/s1. The van der Waals surface area contributed by atoms with E-state index in [0.717, 1.165) is 43.4 Å². The van der Waals surface area contributed by atoms with Crippen LogP contribution < -0.4 is 15.4 Å². The number of carbonyl (C=O) groups excluding carboxylic acids is 4. The second kappa shape index (κ2) is 19.4. The molecule has 54 heavy (non-hydrogen) atoms. The SMILES string of the molecule is CCCCCCOC(=O)c1nccn1[C@@H](C(=O)Nc1cc(NC(=O)CCCOc2ccc(C(C)(C)CC)cc2C(C)(C)CC)ccc1Cl)C(=O)C(C)(C)C. The van der Waals surface area contributed by atoms with Gasteiger partial charge >= 0.3 is 5.97 Å². The van der Waals surface area contributed by atoms with Crippen molar-refractivity contribution in [3.05, 3.63) is 70.8 Å². The number of aromatic nitrogens is 2. The molecule has 0 unspecified atom stereocenters. The maximum atomic E-state index is 13.9. The van der Waals surface area contributed by atoms with Gasteiger partial charge in [-0.25, -0.2) is 9.78 Å². The number of Topliss-reactive ketones (excluding diaryl/α,β-unsaturated/α-hetero) is 1. The lowest BCUT2D eigenvalue weighted by Crippen LogP contribution is -2.39. The van der Waals surface area contributed by atoms with Crippen LogP contribution in [-0.2, 0) is 30.0 Å². The molecule has 0 saturated carbocycles. The number of rotatable bonds is 20. The van der Waals surface area contributed by atoms with Gasteiger partial charge in [-0.3, -0.25) is 14.4 Å². The topological polar surface area (TPSA) is 129 Å². The Morgan fingerprint density at radius 3 is 2.19 bits per heavy atom. The maximum Gasteiger partial charge on any atom is 0.374 e. The summed E-state index contributed by atoms with van der Waals surface area (Å²) in [5.74, 6) is -1.43.